The van der Waals surface area contributed by atoms with Crippen molar-refractivity contribution in [3.05, 3.63) is 81.0 Å². The Hall–Kier alpha value is -3.15. The van der Waals surface area contributed by atoms with E-state index in [-0.39, 0.29) is 24.6 Å². The third kappa shape index (κ3) is 3.84. The Kier molecular flexibility index (Phi) is 5.54. The van der Waals surface area contributed by atoms with Crippen molar-refractivity contribution in [1.29, 1.82) is 0 Å². The van der Waals surface area contributed by atoms with Gasteiger partial charge >= 0.3 is 5.69 Å². The zero-order valence-corrected chi connectivity index (χ0v) is 15.6. The van der Waals surface area contributed by atoms with Gasteiger partial charge in [-0.15, -0.1) is 0 Å². The maximum atomic E-state index is 13.1. The topological polar surface area (TPSA) is 64.3 Å². The molecule has 0 radical (unpaired) electrons. The average Bonchev–Trinajstić information content (AvgIpc) is 2.69. The van der Waals surface area contributed by atoms with Crippen molar-refractivity contribution in [1.82, 2.24) is 14.0 Å². The SMILES string of the molecule is CCCN(C)C(=O)Cn1c(=O)n(Cc2ccccc2)c(=O)c2ccccc21. The highest BCUT2D eigenvalue weighted by atomic mass is 16.2. The molecule has 0 N–H and O–H groups in total. The number of nitrogens with zero attached hydrogens (tertiary/aromatic N) is 3. The lowest BCUT2D eigenvalue weighted by molar-refractivity contribution is -0.130. The predicted octanol–water partition coefficient (Wildman–Crippen LogP) is 2.08. The van der Waals surface area contributed by atoms with E-state index in [4.69, 9.17) is 0 Å². The van der Waals surface area contributed by atoms with Gasteiger partial charge in [0.05, 0.1) is 17.4 Å². The highest BCUT2D eigenvalue weighted by Crippen LogP contribution is 2.09. The van der Waals surface area contributed by atoms with Crippen molar-refractivity contribution < 1.29 is 4.79 Å². The fourth-order valence-corrected chi connectivity index (χ4v) is 3.15. The first kappa shape index (κ1) is 18.6. The Bertz CT molecular complexity index is 1070. The molecule has 0 fully saturated rings. The molecule has 0 spiro atoms. The number of hydrogen-bond donors (Lipinski definition) is 0. The van der Waals surface area contributed by atoms with Crippen LogP contribution >= 0.6 is 0 Å². The zero-order chi connectivity index (χ0) is 19.4. The summed E-state index contributed by atoms with van der Waals surface area (Å²) < 4.78 is 2.60. The Morgan fingerprint density at radius 1 is 0.963 bits per heavy atom. The van der Waals surface area contributed by atoms with Gasteiger partial charge in [-0.3, -0.25) is 18.7 Å². The largest absolute Gasteiger partial charge is 0.344 e. The Morgan fingerprint density at radius 2 is 1.63 bits per heavy atom. The van der Waals surface area contributed by atoms with Crippen LogP contribution < -0.4 is 11.2 Å². The van der Waals surface area contributed by atoms with E-state index < -0.39 is 5.69 Å². The van der Waals surface area contributed by atoms with E-state index in [9.17, 15) is 14.4 Å². The molecule has 1 heterocycles. The minimum Gasteiger partial charge on any atom is -0.344 e. The maximum absolute atomic E-state index is 13.1. The highest BCUT2D eigenvalue weighted by molar-refractivity contribution is 5.81. The van der Waals surface area contributed by atoms with Crippen molar-refractivity contribution >= 4 is 16.8 Å². The van der Waals surface area contributed by atoms with Gasteiger partial charge in [0.2, 0.25) is 5.91 Å². The summed E-state index contributed by atoms with van der Waals surface area (Å²) >= 11 is 0. The molecule has 0 aliphatic rings. The van der Waals surface area contributed by atoms with E-state index >= 15 is 0 Å². The normalized spacial score (nSPS) is 10.9. The van der Waals surface area contributed by atoms with E-state index in [1.807, 2.05) is 37.3 Å². The molecule has 0 aliphatic carbocycles. The van der Waals surface area contributed by atoms with Gasteiger partial charge in [-0.25, -0.2) is 4.79 Å². The summed E-state index contributed by atoms with van der Waals surface area (Å²) in [5, 5.41) is 0.430. The molecule has 0 atom stereocenters. The van der Waals surface area contributed by atoms with E-state index in [1.165, 1.54) is 9.13 Å². The van der Waals surface area contributed by atoms with Crippen LogP contribution in [0, 0.1) is 0 Å². The van der Waals surface area contributed by atoms with Gasteiger partial charge in [-0.1, -0.05) is 49.4 Å². The lowest BCUT2D eigenvalue weighted by Gasteiger charge is -2.19. The summed E-state index contributed by atoms with van der Waals surface area (Å²) in [6.45, 7) is 2.69. The van der Waals surface area contributed by atoms with Crippen LogP contribution in [0.25, 0.3) is 10.9 Å². The molecule has 27 heavy (non-hydrogen) atoms. The van der Waals surface area contributed by atoms with Crippen molar-refractivity contribution in [2.45, 2.75) is 26.4 Å². The molecule has 0 unspecified atom stereocenters. The molecule has 1 aromatic heterocycles. The molecule has 6 heteroatoms. The molecule has 0 saturated carbocycles. The minimum absolute atomic E-state index is 0.0923. The molecule has 2 aromatic carbocycles. The van der Waals surface area contributed by atoms with Crippen LogP contribution in [0.4, 0.5) is 0 Å². The minimum atomic E-state index is -0.471. The number of aromatic nitrogens is 2. The predicted molar refractivity (Wildman–Crippen MR) is 106 cm³/mol. The first-order valence-corrected chi connectivity index (χ1v) is 9.03. The summed E-state index contributed by atoms with van der Waals surface area (Å²) in [5.74, 6) is -0.158. The maximum Gasteiger partial charge on any atom is 0.332 e. The molecular weight excluding hydrogens is 342 g/mol. The molecule has 3 rings (SSSR count). The van der Waals surface area contributed by atoms with Gasteiger partial charge in [-0.05, 0) is 24.1 Å². The molecule has 0 aliphatic heterocycles. The Balaban J connectivity index is 2.13. The zero-order valence-electron chi connectivity index (χ0n) is 15.6. The van der Waals surface area contributed by atoms with Crippen molar-refractivity contribution in [2.75, 3.05) is 13.6 Å². The first-order chi connectivity index (χ1) is 13.0. The van der Waals surface area contributed by atoms with Gasteiger partial charge in [0.25, 0.3) is 5.56 Å². The van der Waals surface area contributed by atoms with Gasteiger partial charge in [0.1, 0.15) is 6.54 Å². The van der Waals surface area contributed by atoms with Crippen LogP contribution in [-0.4, -0.2) is 33.5 Å². The Labute approximate surface area is 157 Å². The van der Waals surface area contributed by atoms with Crippen molar-refractivity contribution in [2.24, 2.45) is 0 Å². The fourth-order valence-electron chi connectivity index (χ4n) is 3.15. The third-order valence-electron chi connectivity index (χ3n) is 4.59. The van der Waals surface area contributed by atoms with Crippen LogP contribution in [0.2, 0.25) is 0 Å². The number of fused-ring (bicyclic) bond motifs is 1. The number of carbonyl (C=O) groups excluding carboxylic acids is 1. The quantitative estimate of drug-likeness (QED) is 0.672. The summed E-state index contributed by atoms with van der Waals surface area (Å²) in [5.41, 5.74) is 0.522. The summed E-state index contributed by atoms with van der Waals surface area (Å²) in [6.07, 6.45) is 0.839. The number of rotatable bonds is 6. The molecule has 1 amide bonds. The third-order valence-corrected chi connectivity index (χ3v) is 4.59. The van der Waals surface area contributed by atoms with E-state index in [2.05, 4.69) is 0 Å². The molecule has 6 nitrogen and oxygen atoms in total. The summed E-state index contributed by atoms with van der Waals surface area (Å²) in [7, 11) is 1.72. The number of carbonyl (C=O) groups is 1. The lowest BCUT2D eigenvalue weighted by atomic mass is 10.2. The number of amides is 1. The summed E-state index contributed by atoms with van der Waals surface area (Å²) in [4.78, 5) is 40.1. The van der Waals surface area contributed by atoms with Gasteiger partial charge in [0.15, 0.2) is 0 Å². The average molecular weight is 365 g/mol. The summed E-state index contributed by atoms with van der Waals surface area (Å²) in [6, 6.07) is 16.3. The van der Waals surface area contributed by atoms with Gasteiger partial charge in [-0.2, -0.15) is 0 Å². The molecule has 0 bridgehead atoms. The number of benzene rings is 2. The van der Waals surface area contributed by atoms with Crippen molar-refractivity contribution in [3.8, 4) is 0 Å². The second kappa shape index (κ2) is 8.03. The fraction of sp³-hybridized carbons (Fsp3) is 0.286. The second-order valence-electron chi connectivity index (χ2n) is 6.58. The molecule has 0 saturated heterocycles. The van der Waals surface area contributed by atoms with E-state index in [0.29, 0.717) is 17.4 Å². The first-order valence-electron chi connectivity index (χ1n) is 9.03. The smallest absolute Gasteiger partial charge is 0.332 e. The van der Waals surface area contributed by atoms with Crippen LogP contribution in [-0.2, 0) is 17.9 Å². The van der Waals surface area contributed by atoms with E-state index in [0.717, 1.165) is 12.0 Å². The van der Waals surface area contributed by atoms with Crippen LogP contribution in [0.5, 0.6) is 0 Å². The van der Waals surface area contributed by atoms with Crippen LogP contribution in [0.3, 0.4) is 0 Å². The Morgan fingerprint density at radius 3 is 2.33 bits per heavy atom. The monoisotopic (exact) mass is 365 g/mol. The second-order valence-corrected chi connectivity index (χ2v) is 6.58. The number of para-hydroxylation sites is 1. The highest BCUT2D eigenvalue weighted by Gasteiger charge is 2.17. The molecule has 3 aromatic rings. The van der Waals surface area contributed by atoms with Gasteiger partial charge in [0, 0.05) is 13.6 Å². The van der Waals surface area contributed by atoms with Crippen LogP contribution in [0.1, 0.15) is 18.9 Å². The van der Waals surface area contributed by atoms with Crippen LogP contribution in [0.15, 0.2) is 64.2 Å². The standard InChI is InChI=1S/C21H23N3O3/c1-3-13-22(2)19(25)15-23-18-12-8-7-11-17(18)20(26)24(21(23)27)14-16-9-5-4-6-10-16/h4-12H,3,13-15H2,1-2H3. The number of likely N-dealkylation sites (N-methyl/N-ethyl adjacent to an activating group) is 1. The lowest BCUT2D eigenvalue weighted by Crippen LogP contribution is -2.43. The molecular formula is C21H23N3O3. The van der Waals surface area contributed by atoms with Crippen molar-refractivity contribution in [3.63, 3.8) is 0 Å². The number of hydrogen-bond acceptors (Lipinski definition) is 3. The van der Waals surface area contributed by atoms with Gasteiger partial charge < -0.3 is 4.90 Å². The molecule has 140 valence electrons. The van der Waals surface area contributed by atoms with E-state index in [1.54, 1.807) is 36.2 Å².